The summed E-state index contributed by atoms with van der Waals surface area (Å²) in [4.78, 5) is 47.1. The first-order valence-electron chi connectivity index (χ1n) is 13.1. The Balaban J connectivity index is 1.29. The second-order valence-corrected chi connectivity index (χ2v) is 10.7. The number of nitrogens with zero attached hydrogens (tertiary/aromatic N) is 4. The minimum Gasteiger partial charge on any atom is -0.486 e. The van der Waals surface area contributed by atoms with Gasteiger partial charge in [0, 0.05) is 51.4 Å². The van der Waals surface area contributed by atoms with E-state index in [-0.39, 0.29) is 36.2 Å². The smallest absolute Gasteiger partial charge is 0.273 e. The molecule has 8 nitrogen and oxygen atoms in total. The molecule has 3 aromatic rings. The molecule has 2 aromatic carbocycles. The normalized spacial score (nSPS) is 17.1. The molecule has 0 spiro atoms. The van der Waals surface area contributed by atoms with Gasteiger partial charge in [0.2, 0.25) is 11.8 Å². The van der Waals surface area contributed by atoms with Gasteiger partial charge in [0.15, 0.2) is 0 Å². The van der Waals surface area contributed by atoms with Gasteiger partial charge in [-0.15, -0.1) is 11.3 Å². The summed E-state index contributed by atoms with van der Waals surface area (Å²) >= 11 is 1.36. The van der Waals surface area contributed by atoms with Crippen LogP contribution in [-0.4, -0.2) is 70.1 Å². The third-order valence-corrected chi connectivity index (χ3v) is 8.12. The second-order valence-electron chi connectivity index (χ2n) is 9.72. The molecule has 2 aliphatic rings. The van der Waals surface area contributed by atoms with Gasteiger partial charge in [0.1, 0.15) is 28.9 Å². The van der Waals surface area contributed by atoms with E-state index in [9.17, 15) is 18.8 Å². The first-order chi connectivity index (χ1) is 18.8. The highest BCUT2D eigenvalue weighted by molar-refractivity contribution is 7.09. The number of rotatable bonds is 6. The average Bonchev–Trinajstić information content (AvgIpc) is 3.44. The van der Waals surface area contributed by atoms with Gasteiger partial charge < -0.3 is 19.4 Å². The van der Waals surface area contributed by atoms with Gasteiger partial charge in [-0.3, -0.25) is 14.4 Å². The molecule has 1 fully saturated rings. The Labute approximate surface area is 231 Å². The molecular formula is C29H31FN4O4S. The number of fused-ring (bicyclic) bond motifs is 1. The Bertz CT molecular complexity index is 1370. The van der Waals surface area contributed by atoms with E-state index in [1.165, 1.54) is 30.4 Å². The zero-order chi connectivity index (χ0) is 27.5. The molecule has 1 unspecified atom stereocenters. The predicted octanol–water partition coefficient (Wildman–Crippen LogP) is 4.05. The fourth-order valence-corrected chi connectivity index (χ4v) is 5.85. The molecule has 10 heteroatoms. The molecule has 2 aliphatic heterocycles. The molecule has 0 bridgehead atoms. The van der Waals surface area contributed by atoms with Crippen LogP contribution in [0.5, 0.6) is 5.75 Å². The quantitative estimate of drug-likeness (QED) is 0.463. The van der Waals surface area contributed by atoms with Crippen LogP contribution < -0.4 is 4.74 Å². The van der Waals surface area contributed by atoms with Gasteiger partial charge in [-0.25, -0.2) is 9.37 Å². The third-order valence-electron chi connectivity index (χ3n) is 7.30. The molecule has 0 N–H and O–H groups in total. The number of halogens is 1. The van der Waals surface area contributed by atoms with E-state index in [0.29, 0.717) is 55.6 Å². The molecule has 39 heavy (non-hydrogen) atoms. The monoisotopic (exact) mass is 550 g/mol. The van der Waals surface area contributed by atoms with Crippen LogP contribution in [0.15, 0.2) is 47.8 Å². The highest BCUT2D eigenvalue weighted by atomic mass is 32.1. The molecule has 0 aliphatic carbocycles. The van der Waals surface area contributed by atoms with Crippen LogP contribution in [0.2, 0.25) is 0 Å². The number of amides is 3. The minimum atomic E-state index is -0.321. The summed E-state index contributed by atoms with van der Waals surface area (Å²) in [5, 5.41) is 2.42. The summed E-state index contributed by atoms with van der Waals surface area (Å²) in [7, 11) is 0. The molecule has 0 radical (unpaired) electrons. The van der Waals surface area contributed by atoms with E-state index in [1.807, 2.05) is 30.0 Å². The number of hydrogen-bond donors (Lipinski definition) is 0. The Morgan fingerprint density at radius 1 is 1.03 bits per heavy atom. The van der Waals surface area contributed by atoms with Gasteiger partial charge in [-0.05, 0) is 47.4 Å². The summed E-state index contributed by atoms with van der Waals surface area (Å²) in [6.07, 6.45) is 1.12. The van der Waals surface area contributed by atoms with Crippen LogP contribution in [-0.2, 0) is 22.6 Å². The summed E-state index contributed by atoms with van der Waals surface area (Å²) in [5.74, 6) is 0.238. The number of benzene rings is 2. The van der Waals surface area contributed by atoms with Crippen LogP contribution in [0.4, 0.5) is 4.39 Å². The van der Waals surface area contributed by atoms with Crippen LogP contribution in [0.3, 0.4) is 0 Å². The lowest BCUT2D eigenvalue weighted by molar-refractivity contribution is -0.133. The van der Waals surface area contributed by atoms with Crippen molar-refractivity contribution in [1.82, 2.24) is 19.7 Å². The number of aromatic nitrogens is 1. The van der Waals surface area contributed by atoms with Crippen LogP contribution in [0, 0.1) is 5.82 Å². The molecular weight excluding hydrogens is 519 g/mol. The first-order valence-corrected chi connectivity index (χ1v) is 14.0. The molecule has 5 rings (SSSR count). The van der Waals surface area contributed by atoms with Crippen molar-refractivity contribution in [3.8, 4) is 5.75 Å². The van der Waals surface area contributed by atoms with E-state index in [1.54, 1.807) is 27.3 Å². The van der Waals surface area contributed by atoms with Crippen LogP contribution >= 0.6 is 11.3 Å². The number of thiazole rings is 1. The third kappa shape index (κ3) is 5.80. The van der Waals surface area contributed by atoms with Gasteiger partial charge in [-0.2, -0.15) is 0 Å². The van der Waals surface area contributed by atoms with E-state index < -0.39 is 0 Å². The summed E-state index contributed by atoms with van der Waals surface area (Å²) in [6.45, 7) is 6.22. The fraction of sp³-hybridized carbons (Fsp3) is 0.379. The maximum atomic E-state index is 13.7. The van der Waals surface area contributed by atoms with Crippen molar-refractivity contribution >= 4 is 29.1 Å². The van der Waals surface area contributed by atoms with Crippen molar-refractivity contribution in [1.29, 1.82) is 0 Å². The van der Waals surface area contributed by atoms with E-state index in [2.05, 4.69) is 4.98 Å². The summed E-state index contributed by atoms with van der Waals surface area (Å²) in [5.41, 5.74) is 3.32. The van der Waals surface area contributed by atoms with Crippen molar-refractivity contribution < 1.29 is 23.5 Å². The summed E-state index contributed by atoms with van der Waals surface area (Å²) < 4.78 is 19.7. The molecule has 3 amide bonds. The maximum absolute atomic E-state index is 13.7. The van der Waals surface area contributed by atoms with Crippen LogP contribution in [0.1, 0.15) is 58.5 Å². The van der Waals surface area contributed by atoms with Crippen molar-refractivity contribution in [3.63, 3.8) is 0 Å². The largest absolute Gasteiger partial charge is 0.486 e. The summed E-state index contributed by atoms with van der Waals surface area (Å²) in [6, 6.07) is 11.9. The predicted molar refractivity (Wildman–Crippen MR) is 145 cm³/mol. The maximum Gasteiger partial charge on any atom is 0.273 e. The van der Waals surface area contributed by atoms with E-state index in [0.717, 1.165) is 23.1 Å². The molecule has 1 aromatic heterocycles. The Hall–Kier alpha value is -3.79. The Morgan fingerprint density at radius 2 is 1.74 bits per heavy atom. The topological polar surface area (TPSA) is 83.1 Å². The van der Waals surface area contributed by atoms with Crippen molar-refractivity contribution in [2.75, 3.05) is 32.7 Å². The zero-order valence-corrected chi connectivity index (χ0v) is 22.9. The second kappa shape index (κ2) is 11.5. The SMILES string of the molecule is CCC(=O)N1CCc2ccc(OCc3nc(C(=O)N4CCN(C(C)=O)CC4)cs3)cc2C1c1ccc(F)cc1. The number of hydrogen-bond acceptors (Lipinski definition) is 6. The van der Waals surface area contributed by atoms with E-state index >= 15 is 0 Å². The molecule has 204 valence electrons. The molecule has 1 saturated heterocycles. The van der Waals surface area contributed by atoms with Crippen molar-refractivity contribution in [3.05, 3.63) is 81.1 Å². The van der Waals surface area contributed by atoms with Crippen molar-refractivity contribution in [2.24, 2.45) is 0 Å². The standard InChI is InChI=1S/C29H31FN4O4S/c1-3-27(36)34-11-10-20-6-9-23(16-24(20)28(34)21-4-7-22(30)8-5-21)38-17-26-31-25(18-39-26)29(37)33-14-12-32(13-15-33)19(2)35/h4-9,16,18,28H,3,10-15,17H2,1-2H3. The zero-order valence-electron chi connectivity index (χ0n) is 22.1. The van der Waals surface area contributed by atoms with Gasteiger partial charge in [0.25, 0.3) is 5.91 Å². The highest BCUT2D eigenvalue weighted by Crippen LogP contribution is 2.37. The number of carbonyl (C=O) groups excluding carboxylic acids is 3. The number of carbonyl (C=O) groups is 3. The van der Waals surface area contributed by atoms with Crippen molar-refractivity contribution in [2.45, 2.75) is 39.3 Å². The molecule has 0 saturated carbocycles. The van der Waals surface area contributed by atoms with Gasteiger partial charge in [-0.1, -0.05) is 25.1 Å². The molecule has 1 atom stereocenters. The first kappa shape index (κ1) is 26.8. The highest BCUT2D eigenvalue weighted by Gasteiger charge is 2.32. The lowest BCUT2D eigenvalue weighted by Crippen LogP contribution is -2.50. The number of ether oxygens (including phenoxy) is 1. The Morgan fingerprint density at radius 3 is 2.44 bits per heavy atom. The molecule has 3 heterocycles. The number of piperazine rings is 1. The lowest BCUT2D eigenvalue weighted by Gasteiger charge is -2.38. The van der Waals surface area contributed by atoms with Crippen LogP contribution in [0.25, 0.3) is 0 Å². The lowest BCUT2D eigenvalue weighted by atomic mass is 9.87. The fourth-order valence-electron chi connectivity index (χ4n) is 5.17. The Kier molecular flexibility index (Phi) is 7.92. The van der Waals surface area contributed by atoms with Gasteiger partial charge in [0.05, 0.1) is 6.04 Å². The van der Waals surface area contributed by atoms with Gasteiger partial charge >= 0.3 is 0 Å². The van der Waals surface area contributed by atoms with E-state index in [4.69, 9.17) is 4.74 Å². The minimum absolute atomic E-state index is 0.0195. The average molecular weight is 551 g/mol.